The van der Waals surface area contributed by atoms with Crippen LogP contribution in [0.1, 0.15) is 21.2 Å². The molecule has 0 aliphatic heterocycles. The van der Waals surface area contributed by atoms with Gasteiger partial charge in [-0.05, 0) is 26.0 Å². The molecule has 0 saturated carbocycles. The Balaban J connectivity index is 1.80. The maximum atomic E-state index is 11.9. The number of hydrogen-bond acceptors (Lipinski definition) is 7. The number of aromatic nitrogens is 4. The van der Waals surface area contributed by atoms with Crippen LogP contribution in [0, 0.1) is 13.8 Å². The van der Waals surface area contributed by atoms with Crippen LogP contribution in [-0.4, -0.2) is 26.1 Å². The zero-order valence-electron chi connectivity index (χ0n) is 11.3. The van der Waals surface area contributed by atoms with Crippen molar-refractivity contribution in [3.63, 3.8) is 0 Å². The first kappa shape index (κ1) is 13.4. The van der Waals surface area contributed by atoms with Crippen LogP contribution in [0.5, 0.6) is 0 Å². The second-order valence-electron chi connectivity index (χ2n) is 4.23. The second-order valence-corrected chi connectivity index (χ2v) is 5.43. The van der Waals surface area contributed by atoms with Gasteiger partial charge >= 0.3 is 6.01 Å². The Hall–Kier alpha value is -2.61. The van der Waals surface area contributed by atoms with Gasteiger partial charge in [-0.15, -0.1) is 16.4 Å². The third kappa shape index (κ3) is 2.79. The van der Waals surface area contributed by atoms with Crippen molar-refractivity contribution in [3.8, 4) is 10.8 Å². The molecule has 0 spiro atoms. The average Bonchev–Trinajstić information content (AvgIpc) is 3.06. The van der Waals surface area contributed by atoms with Gasteiger partial charge in [-0.2, -0.15) is 0 Å². The van der Waals surface area contributed by atoms with Crippen LogP contribution in [0.15, 0.2) is 28.8 Å². The molecule has 0 aliphatic rings. The molecule has 0 radical (unpaired) electrons. The normalized spacial score (nSPS) is 10.6. The number of anilines is 1. The third-order valence-electron chi connectivity index (χ3n) is 2.64. The SMILES string of the molecule is Cc1nc(C)c(-c2nnc(NC(=O)c3ccccn3)o2)s1. The fraction of sp³-hybridized carbons (Fsp3) is 0.154. The van der Waals surface area contributed by atoms with Crippen molar-refractivity contribution in [2.75, 3.05) is 5.32 Å². The number of hydrogen-bond donors (Lipinski definition) is 1. The van der Waals surface area contributed by atoms with E-state index in [4.69, 9.17) is 4.42 Å². The van der Waals surface area contributed by atoms with Crippen LogP contribution >= 0.6 is 11.3 Å². The van der Waals surface area contributed by atoms with Crippen molar-refractivity contribution in [1.29, 1.82) is 0 Å². The molecule has 0 atom stereocenters. The maximum absolute atomic E-state index is 11.9. The highest BCUT2D eigenvalue weighted by Gasteiger charge is 2.16. The standard InChI is InChI=1S/C13H11N5O2S/c1-7-10(21-8(2)15-7)12-17-18-13(20-12)16-11(19)9-5-3-4-6-14-9/h3-6H,1-2H3,(H,16,18,19). The van der Waals surface area contributed by atoms with E-state index in [2.05, 4.69) is 25.5 Å². The highest BCUT2D eigenvalue weighted by molar-refractivity contribution is 7.15. The number of rotatable bonds is 3. The van der Waals surface area contributed by atoms with E-state index in [0.29, 0.717) is 5.89 Å². The minimum absolute atomic E-state index is 0.0334. The Morgan fingerprint density at radius 2 is 2.14 bits per heavy atom. The molecule has 1 N–H and O–H groups in total. The molecule has 3 rings (SSSR count). The molecule has 0 aliphatic carbocycles. The Labute approximate surface area is 124 Å². The molecule has 0 fully saturated rings. The molecule has 3 aromatic rings. The predicted octanol–water partition coefficient (Wildman–Crippen LogP) is 2.46. The van der Waals surface area contributed by atoms with E-state index < -0.39 is 5.91 Å². The lowest BCUT2D eigenvalue weighted by Crippen LogP contribution is -2.13. The highest BCUT2D eigenvalue weighted by Crippen LogP contribution is 2.29. The number of thiazole rings is 1. The number of carbonyl (C=O) groups excluding carboxylic acids is 1. The summed E-state index contributed by atoms with van der Waals surface area (Å²) in [4.78, 5) is 21.0. The number of amides is 1. The summed E-state index contributed by atoms with van der Waals surface area (Å²) in [5.41, 5.74) is 1.10. The lowest BCUT2D eigenvalue weighted by atomic mass is 10.3. The van der Waals surface area contributed by atoms with Gasteiger partial charge in [0.2, 0.25) is 0 Å². The van der Waals surface area contributed by atoms with Crippen molar-refractivity contribution in [2.24, 2.45) is 0 Å². The van der Waals surface area contributed by atoms with Crippen LogP contribution in [0.25, 0.3) is 10.8 Å². The van der Waals surface area contributed by atoms with Crippen molar-refractivity contribution in [2.45, 2.75) is 13.8 Å². The molecule has 8 heteroatoms. The summed E-state index contributed by atoms with van der Waals surface area (Å²) in [7, 11) is 0. The molecule has 106 valence electrons. The molecule has 1 amide bonds. The van der Waals surface area contributed by atoms with Gasteiger partial charge in [0, 0.05) is 6.20 Å². The number of nitrogens with one attached hydrogen (secondary N) is 1. The van der Waals surface area contributed by atoms with E-state index in [1.54, 1.807) is 18.2 Å². The van der Waals surface area contributed by atoms with Gasteiger partial charge in [0.1, 0.15) is 10.6 Å². The van der Waals surface area contributed by atoms with Gasteiger partial charge in [0.05, 0.1) is 10.7 Å². The van der Waals surface area contributed by atoms with E-state index >= 15 is 0 Å². The topological polar surface area (TPSA) is 93.8 Å². The minimum atomic E-state index is -0.400. The summed E-state index contributed by atoms with van der Waals surface area (Å²) in [5, 5.41) is 11.2. The summed E-state index contributed by atoms with van der Waals surface area (Å²) < 4.78 is 5.44. The predicted molar refractivity (Wildman–Crippen MR) is 77.1 cm³/mol. The van der Waals surface area contributed by atoms with E-state index in [0.717, 1.165) is 15.6 Å². The molecule has 0 saturated heterocycles. The Morgan fingerprint density at radius 3 is 2.81 bits per heavy atom. The Bertz CT molecular complexity index is 781. The number of pyridine rings is 1. The summed E-state index contributed by atoms with van der Waals surface area (Å²) in [6.07, 6.45) is 1.54. The first-order valence-electron chi connectivity index (χ1n) is 6.14. The fourth-order valence-electron chi connectivity index (χ4n) is 1.75. The summed E-state index contributed by atoms with van der Waals surface area (Å²) >= 11 is 1.46. The van der Waals surface area contributed by atoms with E-state index in [9.17, 15) is 4.79 Å². The highest BCUT2D eigenvalue weighted by atomic mass is 32.1. The number of nitrogens with zero attached hydrogens (tertiary/aromatic N) is 4. The van der Waals surface area contributed by atoms with Crippen molar-refractivity contribution >= 4 is 23.3 Å². The van der Waals surface area contributed by atoms with E-state index in [1.807, 2.05) is 13.8 Å². The first-order chi connectivity index (χ1) is 10.1. The van der Waals surface area contributed by atoms with Gasteiger partial charge in [0.15, 0.2) is 0 Å². The third-order valence-corrected chi connectivity index (χ3v) is 3.70. The fourth-order valence-corrected chi connectivity index (χ4v) is 2.59. The molecule has 3 heterocycles. The monoisotopic (exact) mass is 301 g/mol. The van der Waals surface area contributed by atoms with Crippen LogP contribution < -0.4 is 5.32 Å². The summed E-state index contributed by atoms with van der Waals surface area (Å²) in [6.45, 7) is 3.77. The van der Waals surface area contributed by atoms with Gasteiger partial charge < -0.3 is 4.42 Å². The average molecular weight is 301 g/mol. The molecule has 7 nitrogen and oxygen atoms in total. The zero-order valence-corrected chi connectivity index (χ0v) is 12.1. The molecule has 21 heavy (non-hydrogen) atoms. The van der Waals surface area contributed by atoms with Crippen molar-refractivity contribution in [1.82, 2.24) is 20.2 Å². The first-order valence-corrected chi connectivity index (χ1v) is 6.95. The second kappa shape index (κ2) is 5.41. The van der Waals surface area contributed by atoms with Gasteiger partial charge in [-0.3, -0.25) is 15.1 Å². The van der Waals surface area contributed by atoms with Crippen LogP contribution in [-0.2, 0) is 0 Å². The largest absolute Gasteiger partial charge is 0.402 e. The lowest BCUT2D eigenvalue weighted by molar-refractivity contribution is 0.101. The Morgan fingerprint density at radius 1 is 1.29 bits per heavy atom. The van der Waals surface area contributed by atoms with E-state index in [1.165, 1.54) is 17.5 Å². The van der Waals surface area contributed by atoms with Gasteiger partial charge in [-0.25, -0.2) is 4.98 Å². The summed E-state index contributed by atoms with van der Waals surface area (Å²) in [6, 6.07) is 5.09. The van der Waals surface area contributed by atoms with Crippen LogP contribution in [0.3, 0.4) is 0 Å². The lowest BCUT2D eigenvalue weighted by Gasteiger charge is -1.98. The Kier molecular flexibility index (Phi) is 3.44. The molecule has 0 unspecified atom stereocenters. The number of carbonyl (C=O) groups is 1. The molecule has 0 bridgehead atoms. The number of aryl methyl sites for hydroxylation is 2. The molecular weight excluding hydrogens is 290 g/mol. The molecule has 0 aromatic carbocycles. The minimum Gasteiger partial charge on any atom is -0.402 e. The molecular formula is C13H11N5O2S. The molecule has 3 aromatic heterocycles. The van der Waals surface area contributed by atoms with Crippen LogP contribution in [0.4, 0.5) is 6.01 Å². The van der Waals surface area contributed by atoms with Gasteiger partial charge in [0.25, 0.3) is 11.8 Å². The quantitative estimate of drug-likeness (QED) is 0.798. The van der Waals surface area contributed by atoms with Gasteiger partial charge in [-0.1, -0.05) is 11.2 Å². The smallest absolute Gasteiger partial charge is 0.322 e. The zero-order chi connectivity index (χ0) is 14.8. The van der Waals surface area contributed by atoms with Crippen molar-refractivity contribution in [3.05, 3.63) is 40.8 Å². The van der Waals surface area contributed by atoms with Crippen LogP contribution in [0.2, 0.25) is 0 Å². The van der Waals surface area contributed by atoms with E-state index in [-0.39, 0.29) is 11.7 Å². The van der Waals surface area contributed by atoms with Crippen molar-refractivity contribution < 1.29 is 9.21 Å². The summed E-state index contributed by atoms with van der Waals surface area (Å²) in [5.74, 6) is -0.0579. The maximum Gasteiger partial charge on any atom is 0.322 e.